The Morgan fingerprint density at radius 1 is 1.27 bits per heavy atom. The average Bonchev–Trinajstić information content (AvgIpc) is 1.97. The van der Waals surface area contributed by atoms with Crippen LogP contribution in [0.2, 0.25) is 0 Å². The lowest BCUT2D eigenvalue weighted by Crippen LogP contribution is -2.27. The summed E-state index contributed by atoms with van der Waals surface area (Å²) in [5.74, 6) is 0. The molecular formula is C7H16O4. The molecule has 68 valence electrons. The summed E-state index contributed by atoms with van der Waals surface area (Å²) in [6.07, 6.45) is -1.95. The molecule has 0 aromatic heterocycles. The molecule has 0 heterocycles. The smallest absolute Gasteiger partial charge is 0.180 e. The van der Waals surface area contributed by atoms with Crippen molar-refractivity contribution in [3.8, 4) is 0 Å². The van der Waals surface area contributed by atoms with Crippen molar-refractivity contribution < 1.29 is 19.7 Å². The highest BCUT2D eigenvalue weighted by Crippen LogP contribution is 1.93. The Labute approximate surface area is 66.7 Å². The van der Waals surface area contributed by atoms with Gasteiger partial charge in [0, 0.05) is 6.61 Å². The lowest BCUT2D eigenvalue weighted by molar-refractivity contribution is -0.162. The van der Waals surface area contributed by atoms with Crippen LogP contribution in [0, 0.1) is 0 Å². The normalized spacial score (nSPS) is 16.4. The Morgan fingerprint density at radius 3 is 2.36 bits per heavy atom. The van der Waals surface area contributed by atoms with Gasteiger partial charge in [0.2, 0.25) is 0 Å². The Balaban J connectivity index is 3.10. The van der Waals surface area contributed by atoms with Crippen molar-refractivity contribution in [1.29, 1.82) is 0 Å². The van der Waals surface area contributed by atoms with Crippen molar-refractivity contribution in [2.75, 3.05) is 19.8 Å². The van der Waals surface area contributed by atoms with Crippen LogP contribution in [0.1, 0.15) is 13.8 Å². The van der Waals surface area contributed by atoms with Crippen LogP contribution in [0.15, 0.2) is 0 Å². The van der Waals surface area contributed by atoms with Gasteiger partial charge in [0.25, 0.3) is 0 Å². The maximum atomic E-state index is 8.90. The molecule has 0 radical (unpaired) electrons. The van der Waals surface area contributed by atoms with Crippen molar-refractivity contribution in [3.63, 3.8) is 0 Å². The maximum absolute atomic E-state index is 8.90. The van der Waals surface area contributed by atoms with Gasteiger partial charge in [0.1, 0.15) is 6.10 Å². The highest BCUT2D eigenvalue weighted by atomic mass is 16.6. The standard InChI is InChI=1S/C7H16O4/c1-3-10-4-5-11-7(9)6(2)8/h6-9H,3-5H2,1-2H3. The average molecular weight is 164 g/mol. The van der Waals surface area contributed by atoms with E-state index in [0.29, 0.717) is 19.8 Å². The van der Waals surface area contributed by atoms with Gasteiger partial charge in [-0.1, -0.05) is 0 Å². The fourth-order valence-electron chi connectivity index (χ4n) is 0.511. The Bertz CT molecular complexity index is 84.5. The molecule has 0 fully saturated rings. The summed E-state index contributed by atoms with van der Waals surface area (Å²) in [5.41, 5.74) is 0. The summed E-state index contributed by atoms with van der Waals surface area (Å²) in [7, 11) is 0. The molecule has 2 atom stereocenters. The number of aliphatic hydroxyl groups is 2. The zero-order valence-corrected chi connectivity index (χ0v) is 6.99. The van der Waals surface area contributed by atoms with Gasteiger partial charge in [-0.3, -0.25) is 0 Å². The van der Waals surface area contributed by atoms with Gasteiger partial charge in [0.05, 0.1) is 13.2 Å². The lowest BCUT2D eigenvalue weighted by atomic mass is 10.4. The fraction of sp³-hybridized carbons (Fsp3) is 1.00. The second-order valence-corrected chi connectivity index (χ2v) is 2.20. The van der Waals surface area contributed by atoms with Crippen LogP contribution in [0.5, 0.6) is 0 Å². The molecule has 0 aliphatic rings. The first-order valence-electron chi connectivity index (χ1n) is 3.74. The third-order valence-electron chi connectivity index (χ3n) is 1.13. The minimum absolute atomic E-state index is 0.305. The van der Waals surface area contributed by atoms with Crippen LogP contribution in [-0.2, 0) is 9.47 Å². The van der Waals surface area contributed by atoms with E-state index >= 15 is 0 Å². The van der Waals surface area contributed by atoms with Crippen molar-refractivity contribution in [1.82, 2.24) is 0 Å². The molecule has 0 aromatic carbocycles. The van der Waals surface area contributed by atoms with E-state index in [4.69, 9.17) is 19.7 Å². The molecule has 0 amide bonds. The van der Waals surface area contributed by atoms with Crippen molar-refractivity contribution in [2.24, 2.45) is 0 Å². The van der Waals surface area contributed by atoms with E-state index < -0.39 is 12.4 Å². The summed E-state index contributed by atoms with van der Waals surface area (Å²) < 4.78 is 9.73. The van der Waals surface area contributed by atoms with Gasteiger partial charge < -0.3 is 19.7 Å². The van der Waals surface area contributed by atoms with Gasteiger partial charge in [-0.2, -0.15) is 0 Å². The van der Waals surface area contributed by atoms with E-state index in [1.54, 1.807) is 0 Å². The second-order valence-electron chi connectivity index (χ2n) is 2.20. The summed E-state index contributed by atoms with van der Waals surface area (Å²) in [6.45, 7) is 4.73. The predicted octanol–water partition coefficient (Wildman–Crippen LogP) is -0.261. The van der Waals surface area contributed by atoms with E-state index in [1.807, 2.05) is 6.92 Å². The molecule has 0 aromatic rings. The third-order valence-corrected chi connectivity index (χ3v) is 1.13. The van der Waals surface area contributed by atoms with Gasteiger partial charge >= 0.3 is 0 Å². The largest absolute Gasteiger partial charge is 0.388 e. The number of hydrogen-bond acceptors (Lipinski definition) is 4. The first kappa shape index (κ1) is 10.8. The Hall–Kier alpha value is -0.160. The van der Waals surface area contributed by atoms with Crippen LogP contribution in [0.3, 0.4) is 0 Å². The number of aliphatic hydroxyl groups excluding tert-OH is 2. The van der Waals surface area contributed by atoms with Gasteiger partial charge in [-0.15, -0.1) is 0 Å². The summed E-state index contributed by atoms with van der Waals surface area (Å²) in [5, 5.41) is 17.7. The molecule has 0 aliphatic carbocycles. The van der Waals surface area contributed by atoms with E-state index in [-0.39, 0.29) is 0 Å². The summed E-state index contributed by atoms with van der Waals surface area (Å²) in [6, 6.07) is 0. The van der Waals surface area contributed by atoms with Crippen LogP contribution in [-0.4, -0.2) is 42.4 Å². The summed E-state index contributed by atoms with van der Waals surface area (Å²) in [4.78, 5) is 0. The molecule has 4 nitrogen and oxygen atoms in total. The molecule has 0 spiro atoms. The van der Waals surface area contributed by atoms with Gasteiger partial charge in [0.15, 0.2) is 6.29 Å². The fourth-order valence-corrected chi connectivity index (χ4v) is 0.511. The SMILES string of the molecule is CCOCCOC(O)C(C)O. The molecule has 0 rings (SSSR count). The molecule has 11 heavy (non-hydrogen) atoms. The molecule has 0 saturated carbocycles. The minimum Gasteiger partial charge on any atom is -0.388 e. The topological polar surface area (TPSA) is 58.9 Å². The van der Waals surface area contributed by atoms with Gasteiger partial charge in [-0.25, -0.2) is 0 Å². The number of ether oxygens (including phenoxy) is 2. The molecule has 0 saturated heterocycles. The molecule has 4 heteroatoms. The molecule has 2 unspecified atom stereocenters. The van der Waals surface area contributed by atoms with Crippen LogP contribution >= 0.6 is 0 Å². The van der Waals surface area contributed by atoms with E-state index in [1.165, 1.54) is 6.92 Å². The monoisotopic (exact) mass is 164 g/mol. The maximum Gasteiger partial charge on any atom is 0.180 e. The summed E-state index contributed by atoms with van der Waals surface area (Å²) >= 11 is 0. The van der Waals surface area contributed by atoms with Crippen molar-refractivity contribution in [2.45, 2.75) is 26.2 Å². The van der Waals surface area contributed by atoms with E-state index in [9.17, 15) is 0 Å². The number of hydrogen-bond donors (Lipinski definition) is 2. The Kier molecular flexibility index (Phi) is 6.45. The quantitative estimate of drug-likeness (QED) is 0.419. The zero-order valence-electron chi connectivity index (χ0n) is 6.99. The van der Waals surface area contributed by atoms with Crippen LogP contribution < -0.4 is 0 Å². The highest BCUT2D eigenvalue weighted by Gasteiger charge is 2.09. The molecular weight excluding hydrogens is 148 g/mol. The lowest BCUT2D eigenvalue weighted by Gasteiger charge is -2.13. The number of rotatable bonds is 6. The molecule has 0 aliphatic heterocycles. The zero-order chi connectivity index (χ0) is 8.69. The third kappa shape index (κ3) is 6.25. The van der Waals surface area contributed by atoms with Gasteiger partial charge in [-0.05, 0) is 13.8 Å². The van der Waals surface area contributed by atoms with Crippen molar-refractivity contribution in [3.05, 3.63) is 0 Å². The first-order valence-corrected chi connectivity index (χ1v) is 3.74. The predicted molar refractivity (Wildman–Crippen MR) is 40.1 cm³/mol. The Morgan fingerprint density at radius 2 is 1.91 bits per heavy atom. The van der Waals surface area contributed by atoms with Crippen LogP contribution in [0.4, 0.5) is 0 Å². The minimum atomic E-state index is -1.10. The van der Waals surface area contributed by atoms with E-state index in [0.717, 1.165) is 0 Å². The van der Waals surface area contributed by atoms with Crippen molar-refractivity contribution >= 4 is 0 Å². The van der Waals surface area contributed by atoms with Crippen LogP contribution in [0.25, 0.3) is 0 Å². The second kappa shape index (κ2) is 6.54. The molecule has 0 bridgehead atoms. The first-order chi connectivity index (χ1) is 5.18. The van der Waals surface area contributed by atoms with E-state index in [2.05, 4.69) is 0 Å². The highest BCUT2D eigenvalue weighted by molar-refractivity contribution is 4.48. The molecule has 2 N–H and O–H groups in total.